The minimum Gasteiger partial charge on any atom is -0.309 e. The first-order valence-corrected chi connectivity index (χ1v) is 23.2. The molecule has 322 valence electrons. The molecule has 0 atom stereocenters. The highest BCUT2D eigenvalue weighted by atomic mass is 15.3. The van der Waals surface area contributed by atoms with Gasteiger partial charge in [0.2, 0.25) is 11.7 Å². The molecule has 0 unspecified atom stereocenters. The van der Waals surface area contributed by atoms with E-state index in [-0.39, 0.29) is 0 Å². The first kappa shape index (κ1) is 37.6. The van der Waals surface area contributed by atoms with Crippen molar-refractivity contribution < 1.29 is 0 Å². The summed E-state index contributed by atoms with van der Waals surface area (Å²) in [6.07, 6.45) is 0. The van der Waals surface area contributed by atoms with Gasteiger partial charge in [-0.05, 0) is 78.9 Å². The highest BCUT2D eigenvalue weighted by molar-refractivity contribution is 6.19. The zero-order chi connectivity index (χ0) is 45.2. The molecule has 6 aromatic heterocycles. The summed E-state index contributed by atoms with van der Waals surface area (Å²) in [6, 6.07) is 78.9. The van der Waals surface area contributed by atoms with Crippen molar-refractivity contribution in [1.29, 1.82) is 0 Å². The third kappa shape index (κ3) is 5.46. The second-order valence-corrected chi connectivity index (χ2v) is 17.6. The number of hydrogen-bond donors (Lipinski definition) is 0. The topological polar surface area (TPSA) is 75.7 Å². The van der Waals surface area contributed by atoms with Gasteiger partial charge in [-0.1, -0.05) is 146 Å². The van der Waals surface area contributed by atoms with Crippen LogP contribution in [0.15, 0.2) is 224 Å². The first-order chi connectivity index (χ1) is 34.2. The molecular weight excluding hydrogens is 847 g/mol. The summed E-state index contributed by atoms with van der Waals surface area (Å²) in [5, 5.41) is 5.54. The highest BCUT2D eigenvalue weighted by Crippen LogP contribution is 2.42. The quantitative estimate of drug-likeness (QED) is 0.167. The molecule has 0 N–H and O–H groups in total. The molecule has 9 nitrogen and oxygen atoms in total. The zero-order valence-electron chi connectivity index (χ0n) is 36.9. The molecule has 0 amide bonds. The van der Waals surface area contributed by atoms with Crippen LogP contribution in [0.1, 0.15) is 0 Å². The van der Waals surface area contributed by atoms with E-state index in [0.29, 0.717) is 17.6 Å². The molecule has 0 aliphatic heterocycles. The van der Waals surface area contributed by atoms with E-state index in [1.54, 1.807) is 0 Å². The molecule has 69 heavy (non-hydrogen) atoms. The van der Waals surface area contributed by atoms with Crippen molar-refractivity contribution in [1.82, 2.24) is 42.6 Å². The van der Waals surface area contributed by atoms with Crippen LogP contribution in [0.4, 0.5) is 0 Å². The maximum Gasteiger partial charge on any atom is 0.238 e. The van der Waals surface area contributed by atoms with Gasteiger partial charge in [-0.2, -0.15) is 9.97 Å². The lowest BCUT2D eigenvalue weighted by atomic mass is 10.1. The van der Waals surface area contributed by atoms with Gasteiger partial charge in [0.25, 0.3) is 0 Å². The van der Waals surface area contributed by atoms with Crippen LogP contribution in [0.3, 0.4) is 0 Å². The van der Waals surface area contributed by atoms with Crippen LogP contribution >= 0.6 is 0 Å². The average Bonchev–Trinajstić information content (AvgIpc) is 4.20. The second-order valence-electron chi connectivity index (χ2n) is 17.6. The number of hydrogen-bond acceptors (Lipinski definition) is 4. The maximum atomic E-state index is 5.49. The standard InChI is InChI=1S/C60H37N9/c1-5-19-38(20-6-1)56-62-57(39-21-7-2-8-22-39)64-59(63-56)68-50-34-33-42(35-45(50)47-37-53-46(36-54(47)68)43-27-13-15-29-48(43)65(53)40-23-9-3-10-24-40)66-49-30-16-14-28-44(49)55-58(66)69-52-32-18-17-31-51(52)67(60(69)61-55)41-25-11-4-12-26-41/h1-37H. The van der Waals surface area contributed by atoms with Gasteiger partial charge in [0.15, 0.2) is 17.3 Å². The molecule has 0 bridgehead atoms. The summed E-state index contributed by atoms with van der Waals surface area (Å²) in [4.78, 5) is 21.2. The van der Waals surface area contributed by atoms with Crippen molar-refractivity contribution in [3.8, 4) is 45.8 Å². The van der Waals surface area contributed by atoms with Gasteiger partial charge in [0.1, 0.15) is 5.52 Å². The Morgan fingerprint density at radius 2 is 0.754 bits per heavy atom. The third-order valence-electron chi connectivity index (χ3n) is 13.7. The van der Waals surface area contributed by atoms with Crippen molar-refractivity contribution in [3.63, 3.8) is 0 Å². The van der Waals surface area contributed by atoms with E-state index in [1.807, 2.05) is 36.4 Å². The molecule has 0 radical (unpaired) electrons. The Hall–Kier alpha value is -9.60. The SMILES string of the molecule is c1ccc(-c2nc(-c3ccccc3)nc(-n3c4ccc(-n5c6ccccc6c6nc7n(-c8ccccc8)c8ccccc8n7c65)cc4c4cc5c(cc43)c3ccccc3n5-c3ccccc3)n2)cc1. The number of imidazole rings is 2. The summed E-state index contributed by atoms with van der Waals surface area (Å²) in [6.45, 7) is 0. The minimum absolute atomic E-state index is 0.543. The Kier molecular flexibility index (Phi) is 7.87. The lowest BCUT2D eigenvalue weighted by Gasteiger charge is -2.12. The minimum atomic E-state index is 0.543. The molecule has 0 aliphatic rings. The molecular formula is C60H37N9. The molecule has 0 spiro atoms. The van der Waals surface area contributed by atoms with Crippen molar-refractivity contribution in [3.05, 3.63) is 224 Å². The van der Waals surface area contributed by atoms with Crippen molar-refractivity contribution >= 4 is 82.5 Å². The van der Waals surface area contributed by atoms with Crippen LogP contribution in [0, 0.1) is 0 Å². The molecule has 0 aliphatic carbocycles. The van der Waals surface area contributed by atoms with E-state index in [2.05, 4.69) is 211 Å². The van der Waals surface area contributed by atoms with Crippen molar-refractivity contribution in [2.24, 2.45) is 0 Å². The Labute approximate surface area is 393 Å². The van der Waals surface area contributed by atoms with Gasteiger partial charge in [-0.25, -0.2) is 9.97 Å². The number of fused-ring (bicyclic) bond motifs is 13. The third-order valence-corrected chi connectivity index (χ3v) is 13.7. The van der Waals surface area contributed by atoms with E-state index in [4.69, 9.17) is 19.9 Å². The summed E-state index contributed by atoms with van der Waals surface area (Å²) >= 11 is 0. The van der Waals surface area contributed by atoms with Gasteiger partial charge in [-0.15, -0.1) is 0 Å². The molecule has 15 rings (SSSR count). The fraction of sp³-hybridized carbons (Fsp3) is 0. The summed E-state index contributed by atoms with van der Waals surface area (Å²) in [7, 11) is 0. The normalized spacial score (nSPS) is 12.1. The predicted octanol–water partition coefficient (Wildman–Crippen LogP) is 14.1. The lowest BCUT2D eigenvalue weighted by molar-refractivity contribution is 0.953. The summed E-state index contributed by atoms with van der Waals surface area (Å²) < 4.78 is 11.6. The maximum absolute atomic E-state index is 5.49. The Morgan fingerprint density at radius 3 is 1.41 bits per heavy atom. The molecule has 6 heterocycles. The van der Waals surface area contributed by atoms with E-state index in [0.717, 1.165) is 105 Å². The van der Waals surface area contributed by atoms with Gasteiger partial charge in [-0.3, -0.25) is 18.1 Å². The number of aromatic nitrogens is 9. The average molecular weight is 884 g/mol. The number of para-hydroxylation sites is 6. The molecule has 9 aromatic carbocycles. The molecule has 0 saturated carbocycles. The largest absolute Gasteiger partial charge is 0.309 e. The van der Waals surface area contributed by atoms with Crippen LogP contribution in [0.25, 0.3) is 128 Å². The van der Waals surface area contributed by atoms with Gasteiger partial charge in [0, 0.05) is 55.1 Å². The zero-order valence-corrected chi connectivity index (χ0v) is 36.9. The van der Waals surface area contributed by atoms with Crippen LogP contribution in [0.2, 0.25) is 0 Å². The second kappa shape index (κ2) is 14.4. The summed E-state index contributed by atoms with van der Waals surface area (Å²) in [5.41, 5.74) is 14.4. The predicted molar refractivity (Wildman–Crippen MR) is 279 cm³/mol. The molecule has 0 fully saturated rings. The van der Waals surface area contributed by atoms with Crippen molar-refractivity contribution in [2.45, 2.75) is 0 Å². The fourth-order valence-corrected chi connectivity index (χ4v) is 10.8. The van der Waals surface area contributed by atoms with Gasteiger partial charge < -0.3 is 4.57 Å². The number of benzene rings is 9. The Balaban J connectivity index is 1.07. The van der Waals surface area contributed by atoms with E-state index in [9.17, 15) is 0 Å². The number of rotatable bonds is 6. The smallest absolute Gasteiger partial charge is 0.238 e. The van der Waals surface area contributed by atoms with E-state index >= 15 is 0 Å². The Bertz CT molecular complexity index is 4460. The Morgan fingerprint density at radius 1 is 0.275 bits per heavy atom. The monoisotopic (exact) mass is 883 g/mol. The van der Waals surface area contributed by atoms with Crippen LogP contribution in [-0.4, -0.2) is 42.6 Å². The van der Waals surface area contributed by atoms with E-state index < -0.39 is 0 Å². The first-order valence-electron chi connectivity index (χ1n) is 23.2. The van der Waals surface area contributed by atoms with Crippen LogP contribution < -0.4 is 0 Å². The van der Waals surface area contributed by atoms with Crippen LogP contribution in [0.5, 0.6) is 0 Å². The van der Waals surface area contributed by atoms with E-state index in [1.165, 1.54) is 5.39 Å². The summed E-state index contributed by atoms with van der Waals surface area (Å²) in [5.74, 6) is 2.61. The molecule has 9 heteroatoms. The van der Waals surface area contributed by atoms with Crippen LogP contribution in [-0.2, 0) is 0 Å². The molecule has 15 aromatic rings. The highest BCUT2D eigenvalue weighted by Gasteiger charge is 2.26. The lowest BCUT2D eigenvalue weighted by Crippen LogP contribution is -2.06. The fourth-order valence-electron chi connectivity index (χ4n) is 10.8. The molecule has 0 saturated heterocycles. The number of nitrogens with zero attached hydrogens (tertiary/aromatic N) is 9. The van der Waals surface area contributed by atoms with Gasteiger partial charge in [0.05, 0.1) is 38.6 Å². The van der Waals surface area contributed by atoms with Gasteiger partial charge >= 0.3 is 0 Å². The van der Waals surface area contributed by atoms with Crippen molar-refractivity contribution in [2.75, 3.05) is 0 Å².